The van der Waals surface area contributed by atoms with E-state index < -0.39 is 0 Å². The van der Waals surface area contributed by atoms with E-state index in [1.165, 1.54) is 51.2 Å². The average Bonchev–Trinajstić information content (AvgIpc) is 3.76. The van der Waals surface area contributed by atoms with Gasteiger partial charge in [0.15, 0.2) is 11.4 Å². The molecule has 12 nitrogen and oxygen atoms in total. The van der Waals surface area contributed by atoms with Gasteiger partial charge in [0.25, 0.3) is 5.91 Å². The van der Waals surface area contributed by atoms with Crippen LogP contribution in [-0.4, -0.2) is 78.0 Å². The normalized spacial score (nSPS) is 16.7. The van der Waals surface area contributed by atoms with E-state index in [1.54, 1.807) is 58.4 Å². The molecule has 0 radical (unpaired) electrons. The van der Waals surface area contributed by atoms with Gasteiger partial charge in [0.2, 0.25) is 11.8 Å². The lowest BCUT2D eigenvalue weighted by Crippen LogP contribution is -2.50. The maximum Gasteiger partial charge on any atom is 0.272 e. The predicted molar refractivity (Wildman–Crippen MR) is 176 cm³/mol. The Labute approximate surface area is 277 Å². The molecular weight excluding hydrogens is 613 g/mol. The van der Waals surface area contributed by atoms with Crippen molar-refractivity contribution in [1.29, 1.82) is 0 Å². The van der Waals surface area contributed by atoms with Crippen LogP contribution in [0.4, 0.5) is 10.1 Å². The minimum absolute atomic E-state index is 0.174. The molecule has 13 heteroatoms. The molecule has 1 aliphatic carbocycles. The van der Waals surface area contributed by atoms with Crippen LogP contribution in [0.5, 0.6) is 0 Å². The van der Waals surface area contributed by atoms with Crippen LogP contribution < -0.4 is 5.32 Å². The lowest BCUT2D eigenvalue weighted by atomic mass is 9.87. The number of aryl methyl sites for hydroxylation is 1. The molecule has 0 bridgehead atoms. The molecule has 48 heavy (non-hydrogen) atoms. The second-order valence-corrected chi connectivity index (χ2v) is 12.6. The number of rotatable bonds is 9. The van der Waals surface area contributed by atoms with Crippen molar-refractivity contribution in [2.45, 2.75) is 58.0 Å². The lowest BCUT2D eigenvalue weighted by molar-refractivity contribution is -0.114. The number of fused-ring (bicyclic) bond motifs is 1. The number of anilines is 1. The largest absolute Gasteiger partial charge is 0.436 e. The fourth-order valence-corrected chi connectivity index (χ4v) is 6.76. The Kier molecular flexibility index (Phi) is 9.19. The number of hydrogen-bond donors (Lipinski definition) is 1. The van der Waals surface area contributed by atoms with Crippen LogP contribution in [0.25, 0.3) is 22.6 Å². The number of carbonyl (C=O) groups excluding carboxylic acids is 2. The molecule has 2 aromatic carbocycles. The Bertz CT molecular complexity index is 1890. The molecular formula is C35H38FN9O3. The third-order valence-electron chi connectivity index (χ3n) is 9.26. The van der Waals surface area contributed by atoms with Crippen LogP contribution in [0.3, 0.4) is 0 Å². The van der Waals surface area contributed by atoms with E-state index in [0.717, 1.165) is 18.5 Å². The highest BCUT2D eigenvalue weighted by Gasteiger charge is 2.32. The van der Waals surface area contributed by atoms with Crippen LogP contribution >= 0.6 is 0 Å². The number of piperazine rings is 1. The van der Waals surface area contributed by atoms with Gasteiger partial charge >= 0.3 is 0 Å². The van der Waals surface area contributed by atoms with Crippen molar-refractivity contribution >= 4 is 28.6 Å². The first-order chi connectivity index (χ1) is 23.4. The molecule has 5 aromatic rings. The number of hydrogen-bond acceptors (Lipinski definition) is 9. The number of amides is 2. The number of aromatic nitrogens is 6. The van der Waals surface area contributed by atoms with Crippen LogP contribution in [-0.2, 0) is 11.3 Å². The smallest absolute Gasteiger partial charge is 0.272 e. The van der Waals surface area contributed by atoms with E-state index in [0.29, 0.717) is 71.9 Å². The van der Waals surface area contributed by atoms with Gasteiger partial charge in [0.1, 0.15) is 17.0 Å². The molecule has 4 heterocycles. The molecule has 1 saturated heterocycles. The topological polar surface area (TPSA) is 135 Å². The van der Waals surface area contributed by atoms with Gasteiger partial charge in [-0.2, -0.15) is 4.80 Å². The third kappa shape index (κ3) is 7.10. The fraction of sp³-hybridized carbons (Fsp3) is 0.400. The summed E-state index contributed by atoms with van der Waals surface area (Å²) in [6.45, 7) is 4.22. The molecule has 248 valence electrons. The van der Waals surface area contributed by atoms with Crippen molar-refractivity contribution in [3.8, 4) is 11.5 Å². The summed E-state index contributed by atoms with van der Waals surface area (Å²) in [5.74, 6) is 0.965. The summed E-state index contributed by atoms with van der Waals surface area (Å²) in [4.78, 5) is 39.7. The van der Waals surface area contributed by atoms with Gasteiger partial charge in [-0.15, -0.1) is 10.2 Å². The van der Waals surface area contributed by atoms with Crippen molar-refractivity contribution in [2.24, 2.45) is 5.92 Å². The molecule has 1 atom stereocenters. The summed E-state index contributed by atoms with van der Waals surface area (Å²) in [6, 6.07) is 14.8. The molecule has 2 fully saturated rings. The summed E-state index contributed by atoms with van der Waals surface area (Å²) in [6.07, 6.45) is 9.06. The van der Waals surface area contributed by atoms with Crippen LogP contribution in [0.2, 0.25) is 0 Å². The second kappa shape index (κ2) is 14.0. The van der Waals surface area contributed by atoms with Crippen LogP contribution in [0.15, 0.2) is 65.2 Å². The van der Waals surface area contributed by atoms with Crippen LogP contribution in [0, 0.1) is 11.7 Å². The molecule has 3 aromatic heterocycles. The molecule has 7 rings (SSSR count). The first kappa shape index (κ1) is 31.6. The highest BCUT2D eigenvalue weighted by Crippen LogP contribution is 2.30. The molecule has 2 aliphatic rings. The van der Waals surface area contributed by atoms with Gasteiger partial charge in [0.05, 0.1) is 12.6 Å². The summed E-state index contributed by atoms with van der Waals surface area (Å²) in [7, 11) is 0. The SMILES string of the molecule is CC(=O)Nc1ccc2oc(-c3ccnc(C(=O)N4CCN(C(c5ccc(F)cc5)c5nnn(CCC6CCCCC6)n5)CC4)c3)nc2c1. The van der Waals surface area contributed by atoms with E-state index >= 15 is 0 Å². The van der Waals surface area contributed by atoms with Crippen molar-refractivity contribution in [2.75, 3.05) is 31.5 Å². The highest BCUT2D eigenvalue weighted by molar-refractivity contribution is 5.94. The molecule has 2 amide bonds. The van der Waals surface area contributed by atoms with Gasteiger partial charge in [-0.1, -0.05) is 44.2 Å². The van der Waals surface area contributed by atoms with Crippen LogP contribution in [0.1, 0.15) is 73.4 Å². The third-order valence-corrected chi connectivity index (χ3v) is 9.26. The summed E-state index contributed by atoms with van der Waals surface area (Å²) >= 11 is 0. The number of nitrogens with one attached hydrogen (secondary N) is 1. The molecule has 1 unspecified atom stereocenters. The highest BCUT2D eigenvalue weighted by atomic mass is 19.1. The lowest BCUT2D eigenvalue weighted by Gasteiger charge is -2.38. The van der Waals surface area contributed by atoms with Gasteiger partial charge in [-0.05, 0) is 65.6 Å². The maximum atomic E-state index is 13.9. The Hall–Kier alpha value is -5.04. The van der Waals surface area contributed by atoms with E-state index in [2.05, 4.69) is 30.5 Å². The monoisotopic (exact) mass is 651 g/mol. The Balaban J connectivity index is 1.04. The molecule has 1 saturated carbocycles. The number of nitrogens with zero attached hydrogens (tertiary/aromatic N) is 8. The number of carbonyl (C=O) groups is 2. The second-order valence-electron chi connectivity index (χ2n) is 12.6. The number of halogens is 1. The van der Waals surface area contributed by atoms with Crippen molar-refractivity contribution < 1.29 is 18.4 Å². The van der Waals surface area contributed by atoms with Crippen molar-refractivity contribution in [3.05, 3.63) is 83.7 Å². The van der Waals surface area contributed by atoms with Crippen molar-refractivity contribution in [1.82, 2.24) is 40.0 Å². The summed E-state index contributed by atoms with van der Waals surface area (Å²) < 4.78 is 19.8. The van der Waals surface area contributed by atoms with E-state index in [-0.39, 0.29) is 23.7 Å². The number of tetrazole rings is 1. The zero-order valence-electron chi connectivity index (χ0n) is 26.9. The maximum absolute atomic E-state index is 13.9. The number of oxazole rings is 1. The Morgan fingerprint density at radius 2 is 1.79 bits per heavy atom. The van der Waals surface area contributed by atoms with Gasteiger partial charge in [-0.3, -0.25) is 19.5 Å². The van der Waals surface area contributed by atoms with E-state index in [1.807, 2.05) is 0 Å². The van der Waals surface area contributed by atoms with Crippen molar-refractivity contribution in [3.63, 3.8) is 0 Å². The van der Waals surface area contributed by atoms with Gasteiger partial charge in [0, 0.05) is 50.6 Å². The van der Waals surface area contributed by atoms with E-state index in [9.17, 15) is 14.0 Å². The van der Waals surface area contributed by atoms with Gasteiger partial charge in [-0.25, -0.2) is 9.37 Å². The average molecular weight is 652 g/mol. The van der Waals surface area contributed by atoms with E-state index in [4.69, 9.17) is 9.52 Å². The first-order valence-corrected chi connectivity index (χ1v) is 16.6. The quantitative estimate of drug-likeness (QED) is 0.219. The summed E-state index contributed by atoms with van der Waals surface area (Å²) in [5, 5.41) is 16.3. The minimum atomic E-state index is -0.321. The standard InChI is InChI=1S/C35H38FN9O3/c1-23(46)38-28-11-12-31-29(22-28)39-34(48-31)26-13-15-37-30(21-26)35(47)44-19-17-43(18-20-44)32(25-7-9-27(36)10-8-25)33-40-42-45(41-33)16-14-24-5-3-2-4-6-24/h7-13,15,21-22,24,32H,2-6,14,16-20H2,1H3,(H,38,46). The zero-order valence-corrected chi connectivity index (χ0v) is 26.9. The Morgan fingerprint density at radius 3 is 2.56 bits per heavy atom. The Morgan fingerprint density at radius 1 is 1.00 bits per heavy atom. The van der Waals surface area contributed by atoms with Gasteiger partial charge < -0.3 is 14.6 Å². The zero-order chi connectivity index (χ0) is 33.0. The number of benzene rings is 2. The predicted octanol–water partition coefficient (Wildman–Crippen LogP) is 5.49. The molecule has 0 spiro atoms. The first-order valence-electron chi connectivity index (χ1n) is 16.6. The summed E-state index contributed by atoms with van der Waals surface area (Å²) in [5.41, 5.74) is 3.56. The molecule has 1 N–H and O–H groups in total. The molecule has 1 aliphatic heterocycles. The minimum Gasteiger partial charge on any atom is -0.436 e. The fourth-order valence-electron chi connectivity index (χ4n) is 6.76. The number of pyridine rings is 1.